The van der Waals surface area contributed by atoms with Crippen molar-refractivity contribution in [1.29, 1.82) is 0 Å². The maximum Gasteiger partial charge on any atom is 0.239 e. The van der Waals surface area contributed by atoms with Crippen molar-refractivity contribution in [3.8, 4) is 0 Å². The zero-order valence-electron chi connectivity index (χ0n) is 8.10. The summed E-state index contributed by atoms with van der Waals surface area (Å²) in [6.45, 7) is 0.0295. The summed E-state index contributed by atoms with van der Waals surface area (Å²) >= 11 is 5.51. The minimum Gasteiger partial charge on any atom is -0.397 e. The number of hydrogen-bond acceptors (Lipinski definition) is 3. The Labute approximate surface area is 91.6 Å². The molecule has 0 spiro atoms. The lowest BCUT2D eigenvalue weighted by molar-refractivity contribution is -0.118. The summed E-state index contributed by atoms with van der Waals surface area (Å²) in [6.07, 6.45) is 0. The summed E-state index contributed by atoms with van der Waals surface area (Å²) in [5, 5.41) is 5.07. The first-order valence-electron chi connectivity index (χ1n) is 4.23. The quantitative estimate of drug-likeness (QED) is 0.686. The van der Waals surface area contributed by atoms with Crippen molar-refractivity contribution in [1.82, 2.24) is 5.32 Å². The van der Waals surface area contributed by atoms with E-state index in [1.807, 2.05) is 0 Å². The van der Waals surface area contributed by atoms with Crippen molar-refractivity contribution in [3.05, 3.63) is 23.0 Å². The SMILES string of the molecule is CNC(=O)CNc1cc(F)c(Cl)cc1N. The normalized spacial score (nSPS) is 9.80. The summed E-state index contributed by atoms with van der Waals surface area (Å²) in [7, 11) is 1.51. The van der Waals surface area contributed by atoms with Crippen molar-refractivity contribution in [2.24, 2.45) is 0 Å². The van der Waals surface area contributed by atoms with Gasteiger partial charge >= 0.3 is 0 Å². The third-order valence-electron chi connectivity index (χ3n) is 1.81. The molecule has 1 amide bonds. The summed E-state index contributed by atoms with van der Waals surface area (Å²) in [5.74, 6) is -0.796. The molecule has 1 rings (SSSR count). The second kappa shape index (κ2) is 4.84. The Morgan fingerprint density at radius 3 is 2.87 bits per heavy atom. The predicted molar refractivity (Wildman–Crippen MR) is 58.4 cm³/mol. The van der Waals surface area contributed by atoms with Crippen LogP contribution in [0.3, 0.4) is 0 Å². The lowest BCUT2D eigenvalue weighted by Crippen LogP contribution is -2.26. The Hall–Kier alpha value is -1.49. The van der Waals surface area contributed by atoms with E-state index in [2.05, 4.69) is 10.6 Å². The fourth-order valence-electron chi connectivity index (χ4n) is 0.979. The van der Waals surface area contributed by atoms with Crippen LogP contribution in [0.2, 0.25) is 5.02 Å². The Morgan fingerprint density at radius 2 is 2.27 bits per heavy atom. The van der Waals surface area contributed by atoms with Gasteiger partial charge in [-0.15, -0.1) is 0 Å². The van der Waals surface area contributed by atoms with Gasteiger partial charge in [0, 0.05) is 13.1 Å². The van der Waals surface area contributed by atoms with Crippen LogP contribution in [-0.2, 0) is 4.79 Å². The smallest absolute Gasteiger partial charge is 0.239 e. The minimum absolute atomic E-state index is 0.0295. The molecule has 0 aromatic heterocycles. The molecule has 0 aliphatic rings. The number of nitrogen functional groups attached to an aromatic ring is 1. The first kappa shape index (κ1) is 11.6. The number of carbonyl (C=O) groups excluding carboxylic acids is 1. The monoisotopic (exact) mass is 231 g/mol. The second-order valence-electron chi connectivity index (χ2n) is 2.88. The van der Waals surface area contributed by atoms with Gasteiger partial charge in [-0.05, 0) is 6.07 Å². The number of benzene rings is 1. The molecule has 0 radical (unpaired) electrons. The zero-order valence-corrected chi connectivity index (χ0v) is 8.86. The van der Waals surface area contributed by atoms with Crippen molar-refractivity contribution in [2.75, 3.05) is 24.6 Å². The molecule has 4 nitrogen and oxygen atoms in total. The molecule has 0 fully saturated rings. The summed E-state index contributed by atoms with van der Waals surface area (Å²) in [5.41, 5.74) is 6.22. The molecule has 1 aromatic carbocycles. The van der Waals surface area contributed by atoms with E-state index in [4.69, 9.17) is 17.3 Å². The first-order chi connectivity index (χ1) is 7.04. The van der Waals surface area contributed by atoms with Crippen LogP contribution in [0.5, 0.6) is 0 Å². The average Bonchev–Trinajstić information content (AvgIpc) is 2.21. The van der Waals surface area contributed by atoms with E-state index in [0.29, 0.717) is 11.4 Å². The highest BCUT2D eigenvalue weighted by Crippen LogP contribution is 2.25. The van der Waals surface area contributed by atoms with Crippen molar-refractivity contribution in [2.45, 2.75) is 0 Å². The molecule has 0 saturated carbocycles. The van der Waals surface area contributed by atoms with Gasteiger partial charge in [0.1, 0.15) is 5.82 Å². The zero-order chi connectivity index (χ0) is 11.4. The molecule has 1 aromatic rings. The van der Waals surface area contributed by atoms with Gasteiger partial charge in [-0.2, -0.15) is 0 Å². The number of rotatable bonds is 3. The number of nitrogens with one attached hydrogen (secondary N) is 2. The van der Waals surface area contributed by atoms with Gasteiger partial charge in [0.2, 0.25) is 5.91 Å². The Bertz CT molecular complexity index is 384. The van der Waals surface area contributed by atoms with Crippen LogP contribution in [0.4, 0.5) is 15.8 Å². The van der Waals surface area contributed by atoms with E-state index in [-0.39, 0.29) is 17.5 Å². The molecular weight excluding hydrogens is 221 g/mol. The highest BCUT2D eigenvalue weighted by atomic mass is 35.5. The van der Waals surface area contributed by atoms with Gasteiger partial charge in [-0.25, -0.2) is 4.39 Å². The van der Waals surface area contributed by atoms with Crippen LogP contribution in [-0.4, -0.2) is 19.5 Å². The van der Waals surface area contributed by atoms with Gasteiger partial charge < -0.3 is 16.4 Å². The number of halogens is 2. The molecule has 0 unspecified atom stereocenters. The third-order valence-corrected chi connectivity index (χ3v) is 2.10. The molecule has 82 valence electrons. The highest BCUT2D eigenvalue weighted by molar-refractivity contribution is 6.31. The topological polar surface area (TPSA) is 67.2 Å². The maximum atomic E-state index is 13.0. The lowest BCUT2D eigenvalue weighted by Gasteiger charge is -2.09. The van der Waals surface area contributed by atoms with Gasteiger partial charge in [0.25, 0.3) is 0 Å². The molecular formula is C9H11ClFN3O. The average molecular weight is 232 g/mol. The van der Waals surface area contributed by atoms with Crippen LogP contribution >= 0.6 is 11.6 Å². The Balaban J connectivity index is 2.77. The second-order valence-corrected chi connectivity index (χ2v) is 3.29. The maximum absolute atomic E-state index is 13.0. The third kappa shape index (κ3) is 2.99. The number of anilines is 2. The fraction of sp³-hybridized carbons (Fsp3) is 0.222. The largest absolute Gasteiger partial charge is 0.397 e. The molecule has 4 N–H and O–H groups in total. The van der Waals surface area contributed by atoms with E-state index < -0.39 is 5.82 Å². The summed E-state index contributed by atoms with van der Waals surface area (Å²) < 4.78 is 13.0. The van der Waals surface area contributed by atoms with Gasteiger partial charge in [0.05, 0.1) is 22.9 Å². The summed E-state index contributed by atoms with van der Waals surface area (Å²) in [4.78, 5) is 10.9. The lowest BCUT2D eigenvalue weighted by atomic mass is 10.2. The van der Waals surface area contributed by atoms with Crippen LogP contribution in [0.1, 0.15) is 0 Å². The van der Waals surface area contributed by atoms with Crippen molar-refractivity contribution < 1.29 is 9.18 Å². The molecule has 6 heteroatoms. The molecule has 0 aliphatic heterocycles. The molecule has 0 aliphatic carbocycles. The van der Waals surface area contributed by atoms with Gasteiger partial charge in [-0.1, -0.05) is 11.6 Å². The van der Waals surface area contributed by atoms with Crippen LogP contribution in [0.25, 0.3) is 0 Å². The van der Waals surface area contributed by atoms with Crippen molar-refractivity contribution >= 4 is 28.9 Å². The minimum atomic E-state index is -0.578. The number of likely N-dealkylation sites (N-methyl/N-ethyl adjacent to an activating group) is 1. The Kier molecular flexibility index (Phi) is 3.74. The number of amides is 1. The molecule has 0 atom stereocenters. The van der Waals surface area contributed by atoms with Crippen LogP contribution in [0.15, 0.2) is 12.1 Å². The first-order valence-corrected chi connectivity index (χ1v) is 4.61. The van der Waals surface area contributed by atoms with E-state index in [1.54, 1.807) is 0 Å². The molecule has 0 bridgehead atoms. The van der Waals surface area contributed by atoms with Gasteiger partial charge in [0.15, 0.2) is 0 Å². The Morgan fingerprint density at radius 1 is 1.60 bits per heavy atom. The van der Waals surface area contributed by atoms with E-state index in [0.717, 1.165) is 6.07 Å². The summed E-state index contributed by atoms with van der Waals surface area (Å²) in [6, 6.07) is 2.45. The van der Waals surface area contributed by atoms with Crippen LogP contribution in [0, 0.1) is 5.82 Å². The van der Waals surface area contributed by atoms with Crippen LogP contribution < -0.4 is 16.4 Å². The van der Waals surface area contributed by atoms with E-state index >= 15 is 0 Å². The standard InChI is InChI=1S/C9H11ClFN3O/c1-13-9(15)4-14-8-3-6(11)5(10)2-7(8)12/h2-3,14H,4,12H2,1H3,(H,13,15). The van der Waals surface area contributed by atoms with E-state index in [1.165, 1.54) is 13.1 Å². The number of nitrogens with two attached hydrogens (primary N) is 1. The van der Waals surface area contributed by atoms with E-state index in [9.17, 15) is 9.18 Å². The molecule has 0 saturated heterocycles. The molecule has 0 heterocycles. The number of hydrogen-bond donors (Lipinski definition) is 3. The van der Waals surface area contributed by atoms with Gasteiger partial charge in [-0.3, -0.25) is 4.79 Å². The predicted octanol–water partition coefficient (Wildman–Crippen LogP) is 1.22. The van der Waals surface area contributed by atoms with Crippen molar-refractivity contribution in [3.63, 3.8) is 0 Å². The molecule has 15 heavy (non-hydrogen) atoms. The highest BCUT2D eigenvalue weighted by Gasteiger charge is 2.06. The fourth-order valence-corrected chi connectivity index (χ4v) is 1.15. The number of carbonyl (C=O) groups is 1.